The van der Waals surface area contributed by atoms with Gasteiger partial charge in [-0.2, -0.15) is 0 Å². The number of nitrogens with one attached hydrogen (secondary N) is 1. The van der Waals surface area contributed by atoms with E-state index in [4.69, 9.17) is 4.74 Å². The molecule has 1 fully saturated rings. The number of para-hydroxylation sites is 2. The molecule has 2 aromatic heterocycles. The number of aryl methyl sites for hydroxylation is 1. The van der Waals surface area contributed by atoms with Crippen molar-refractivity contribution in [1.29, 1.82) is 0 Å². The number of morpholine rings is 1. The molecule has 0 unspecified atom stereocenters. The molecule has 1 amide bonds. The highest BCUT2D eigenvalue weighted by Gasteiger charge is 2.23. The number of rotatable bonds is 5. The monoisotopic (exact) mass is 379 g/mol. The molecule has 1 aromatic carbocycles. The van der Waals surface area contributed by atoms with E-state index in [1.165, 1.54) is 0 Å². The summed E-state index contributed by atoms with van der Waals surface area (Å²) in [4.78, 5) is 23.4. The molecule has 4 rings (SSSR count). The summed E-state index contributed by atoms with van der Waals surface area (Å²) in [7, 11) is 0. The number of benzene rings is 1. The lowest BCUT2D eigenvalue weighted by molar-refractivity contribution is -0.116. The van der Waals surface area contributed by atoms with Crippen LogP contribution < -0.4 is 10.2 Å². The fourth-order valence-corrected chi connectivity index (χ4v) is 3.65. The van der Waals surface area contributed by atoms with Crippen molar-refractivity contribution >= 4 is 28.4 Å². The van der Waals surface area contributed by atoms with Gasteiger partial charge in [-0.3, -0.25) is 4.79 Å². The van der Waals surface area contributed by atoms with Gasteiger partial charge in [-0.25, -0.2) is 9.97 Å². The number of fused-ring (bicyclic) bond motifs is 1. The zero-order valence-corrected chi connectivity index (χ0v) is 16.2. The Labute approximate surface area is 164 Å². The van der Waals surface area contributed by atoms with Crippen LogP contribution in [-0.2, 0) is 16.1 Å². The predicted octanol–water partition coefficient (Wildman–Crippen LogP) is 3.07. The molecule has 3 heterocycles. The van der Waals surface area contributed by atoms with Gasteiger partial charge in [0, 0.05) is 26.1 Å². The Balaban J connectivity index is 1.33. The van der Waals surface area contributed by atoms with Gasteiger partial charge in [0.25, 0.3) is 0 Å². The Hall–Kier alpha value is -2.93. The Morgan fingerprint density at radius 1 is 1.14 bits per heavy atom. The summed E-state index contributed by atoms with van der Waals surface area (Å²) in [6.45, 7) is 6.37. The van der Waals surface area contributed by atoms with Crippen molar-refractivity contribution in [2.45, 2.75) is 39.0 Å². The maximum absolute atomic E-state index is 12.3. The van der Waals surface area contributed by atoms with Crippen molar-refractivity contribution in [2.75, 3.05) is 23.3 Å². The van der Waals surface area contributed by atoms with Crippen LogP contribution in [0.2, 0.25) is 0 Å². The van der Waals surface area contributed by atoms with Gasteiger partial charge < -0.3 is 19.5 Å². The molecule has 2 atom stereocenters. The molecule has 0 saturated carbocycles. The zero-order chi connectivity index (χ0) is 19.5. The third kappa shape index (κ3) is 4.14. The fourth-order valence-electron chi connectivity index (χ4n) is 3.65. The number of pyridine rings is 1. The summed E-state index contributed by atoms with van der Waals surface area (Å²) >= 11 is 0. The maximum Gasteiger partial charge on any atom is 0.226 e. The number of hydrogen-bond donors (Lipinski definition) is 1. The minimum absolute atomic E-state index is 0.0408. The van der Waals surface area contributed by atoms with Gasteiger partial charge in [-0.15, -0.1) is 0 Å². The molecule has 1 aliphatic rings. The van der Waals surface area contributed by atoms with E-state index in [1.807, 2.05) is 41.0 Å². The smallest absolute Gasteiger partial charge is 0.226 e. The minimum atomic E-state index is -0.0408. The number of carbonyl (C=O) groups is 1. The molecular formula is C21H25N5O2. The van der Waals surface area contributed by atoms with Gasteiger partial charge in [-0.05, 0) is 38.1 Å². The fraction of sp³-hybridized carbons (Fsp3) is 0.381. The Kier molecular flexibility index (Phi) is 5.25. The van der Waals surface area contributed by atoms with Crippen LogP contribution in [0.1, 0.15) is 20.3 Å². The summed E-state index contributed by atoms with van der Waals surface area (Å²) in [6.07, 6.45) is 4.23. The largest absolute Gasteiger partial charge is 0.372 e. The lowest BCUT2D eigenvalue weighted by Crippen LogP contribution is -2.45. The zero-order valence-electron chi connectivity index (χ0n) is 16.2. The van der Waals surface area contributed by atoms with Gasteiger partial charge in [0.1, 0.15) is 5.82 Å². The van der Waals surface area contributed by atoms with Crippen molar-refractivity contribution in [2.24, 2.45) is 0 Å². The second-order valence-corrected chi connectivity index (χ2v) is 7.29. The van der Waals surface area contributed by atoms with Crippen LogP contribution >= 0.6 is 0 Å². The van der Waals surface area contributed by atoms with Crippen molar-refractivity contribution in [3.05, 3.63) is 48.9 Å². The molecule has 1 N–H and O–H groups in total. The number of aromatic nitrogens is 3. The Bertz CT molecular complexity index is 943. The quantitative estimate of drug-likeness (QED) is 0.738. The van der Waals surface area contributed by atoms with E-state index < -0.39 is 0 Å². The van der Waals surface area contributed by atoms with Crippen LogP contribution in [0.3, 0.4) is 0 Å². The molecule has 0 aliphatic carbocycles. The maximum atomic E-state index is 12.3. The molecule has 3 aromatic rings. The number of carbonyl (C=O) groups excluding carboxylic acids is 1. The van der Waals surface area contributed by atoms with E-state index in [1.54, 1.807) is 12.5 Å². The van der Waals surface area contributed by atoms with Crippen LogP contribution in [0.5, 0.6) is 0 Å². The van der Waals surface area contributed by atoms with E-state index in [0.717, 1.165) is 29.9 Å². The summed E-state index contributed by atoms with van der Waals surface area (Å²) in [5.41, 5.74) is 2.68. The molecule has 1 aliphatic heterocycles. The van der Waals surface area contributed by atoms with Crippen LogP contribution in [0, 0.1) is 0 Å². The first kappa shape index (κ1) is 18.4. The molecule has 7 nitrogen and oxygen atoms in total. The van der Waals surface area contributed by atoms with Crippen molar-refractivity contribution in [3.63, 3.8) is 0 Å². The van der Waals surface area contributed by atoms with E-state index in [2.05, 4.69) is 34.0 Å². The van der Waals surface area contributed by atoms with E-state index in [-0.39, 0.29) is 18.1 Å². The van der Waals surface area contributed by atoms with Crippen molar-refractivity contribution < 1.29 is 9.53 Å². The average Bonchev–Trinajstić information content (AvgIpc) is 3.09. The van der Waals surface area contributed by atoms with Crippen molar-refractivity contribution in [3.8, 4) is 0 Å². The van der Waals surface area contributed by atoms with Gasteiger partial charge in [0.05, 0.1) is 41.5 Å². The second-order valence-electron chi connectivity index (χ2n) is 7.29. The van der Waals surface area contributed by atoms with E-state index in [9.17, 15) is 4.79 Å². The first-order valence-corrected chi connectivity index (χ1v) is 9.64. The molecule has 0 bridgehead atoms. The number of imidazole rings is 1. The third-order valence-electron chi connectivity index (χ3n) is 4.88. The lowest BCUT2D eigenvalue weighted by atomic mass is 10.2. The highest BCUT2D eigenvalue weighted by atomic mass is 16.5. The second kappa shape index (κ2) is 7.98. The number of ether oxygens (including phenoxy) is 1. The summed E-state index contributed by atoms with van der Waals surface area (Å²) in [5.74, 6) is 0.867. The number of hydrogen-bond acceptors (Lipinski definition) is 5. The molecule has 7 heteroatoms. The summed E-state index contributed by atoms with van der Waals surface area (Å²) in [6, 6.07) is 11.8. The average molecular weight is 379 g/mol. The van der Waals surface area contributed by atoms with Crippen LogP contribution in [0.25, 0.3) is 11.0 Å². The van der Waals surface area contributed by atoms with Crippen LogP contribution in [-0.4, -0.2) is 45.7 Å². The predicted molar refractivity (Wildman–Crippen MR) is 109 cm³/mol. The van der Waals surface area contributed by atoms with Gasteiger partial charge in [0.2, 0.25) is 5.91 Å². The third-order valence-corrected chi connectivity index (χ3v) is 4.88. The Morgan fingerprint density at radius 2 is 1.93 bits per heavy atom. The first-order chi connectivity index (χ1) is 13.6. The standard InChI is InChI=1S/C21H25N5O2/c1-15-12-26(13-16(2)28-15)20-8-7-17(11-22-20)24-21(27)9-10-25-14-23-18-5-3-4-6-19(18)25/h3-8,11,14-16H,9-10,12-13H2,1-2H3,(H,24,27)/t15-,16-/m1/s1. The number of anilines is 2. The van der Waals surface area contributed by atoms with E-state index >= 15 is 0 Å². The van der Waals surface area contributed by atoms with Crippen LogP contribution in [0.4, 0.5) is 11.5 Å². The molecule has 0 radical (unpaired) electrons. The van der Waals surface area contributed by atoms with Crippen LogP contribution in [0.15, 0.2) is 48.9 Å². The first-order valence-electron chi connectivity index (χ1n) is 9.64. The molecule has 1 saturated heterocycles. The highest BCUT2D eigenvalue weighted by Crippen LogP contribution is 2.20. The molecule has 28 heavy (non-hydrogen) atoms. The normalized spacial score (nSPS) is 19.7. The highest BCUT2D eigenvalue weighted by molar-refractivity contribution is 5.90. The topological polar surface area (TPSA) is 72.3 Å². The van der Waals surface area contributed by atoms with Gasteiger partial charge >= 0.3 is 0 Å². The summed E-state index contributed by atoms with van der Waals surface area (Å²) < 4.78 is 7.76. The molecular weight excluding hydrogens is 354 g/mol. The van der Waals surface area contributed by atoms with Gasteiger partial charge in [0.15, 0.2) is 0 Å². The number of amides is 1. The molecule has 146 valence electrons. The Morgan fingerprint density at radius 3 is 2.68 bits per heavy atom. The van der Waals surface area contributed by atoms with Crippen molar-refractivity contribution in [1.82, 2.24) is 14.5 Å². The SMILES string of the molecule is C[C@@H]1CN(c2ccc(NC(=O)CCn3cnc4ccccc43)cn2)C[C@@H](C)O1. The van der Waals surface area contributed by atoms with Gasteiger partial charge in [-0.1, -0.05) is 12.1 Å². The number of nitrogens with zero attached hydrogens (tertiary/aromatic N) is 4. The lowest BCUT2D eigenvalue weighted by Gasteiger charge is -2.36. The molecule has 0 spiro atoms. The minimum Gasteiger partial charge on any atom is -0.372 e. The van der Waals surface area contributed by atoms with E-state index in [0.29, 0.717) is 18.7 Å². The summed E-state index contributed by atoms with van der Waals surface area (Å²) in [5, 5.41) is 2.92.